The summed E-state index contributed by atoms with van der Waals surface area (Å²) in [5, 5.41) is 14.4. The fourth-order valence-corrected chi connectivity index (χ4v) is 1.94. The molecule has 2 aromatic carbocycles. The number of amides is 1. The standard InChI is InChI=1S/C17H13ClFN3O2/c1-24-14-5-2-12(3-6-14)22-17(23)11(9-20)10-21-13-4-7-16(19)15(18)8-13/h2-8,10,21H,1H3,(H,22,23)/b11-10-. The van der Waals surface area contributed by atoms with Crippen LogP contribution in [0.5, 0.6) is 5.75 Å². The van der Waals surface area contributed by atoms with E-state index in [0.29, 0.717) is 17.1 Å². The smallest absolute Gasteiger partial charge is 0.267 e. The number of halogens is 2. The molecule has 2 aromatic rings. The molecule has 0 aliphatic heterocycles. The lowest BCUT2D eigenvalue weighted by Crippen LogP contribution is -2.14. The molecule has 0 unspecified atom stereocenters. The number of nitrogens with one attached hydrogen (secondary N) is 2. The summed E-state index contributed by atoms with van der Waals surface area (Å²) < 4.78 is 18.1. The molecule has 1 amide bonds. The van der Waals surface area contributed by atoms with Gasteiger partial charge in [-0.05, 0) is 42.5 Å². The second-order valence-electron chi connectivity index (χ2n) is 4.63. The van der Waals surface area contributed by atoms with Gasteiger partial charge in [0.1, 0.15) is 23.2 Å². The van der Waals surface area contributed by atoms with Crippen LogP contribution in [0.25, 0.3) is 0 Å². The summed E-state index contributed by atoms with van der Waals surface area (Å²) in [6.45, 7) is 0. The number of benzene rings is 2. The van der Waals surface area contributed by atoms with Crippen molar-refractivity contribution in [1.82, 2.24) is 0 Å². The first-order valence-corrected chi connectivity index (χ1v) is 7.18. The molecule has 0 bridgehead atoms. The van der Waals surface area contributed by atoms with Crippen LogP contribution in [-0.4, -0.2) is 13.0 Å². The van der Waals surface area contributed by atoms with E-state index >= 15 is 0 Å². The lowest BCUT2D eigenvalue weighted by molar-refractivity contribution is -0.112. The third-order valence-corrected chi connectivity index (χ3v) is 3.31. The maximum absolute atomic E-state index is 13.1. The Hall–Kier alpha value is -3.04. The third-order valence-electron chi connectivity index (χ3n) is 3.02. The molecule has 2 N–H and O–H groups in total. The van der Waals surface area contributed by atoms with Gasteiger partial charge >= 0.3 is 0 Å². The van der Waals surface area contributed by atoms with Gasteiger partial charge in [0.2, 0.25) is 0 Å². The van der Waals surface area contributed by atoms with Gasteiger partial charge in [-0.15, -0.1) is 0 Å². The van der Waals surface area contributed by atoms with Gasteiger partial charge in [0.25, 0.3) is 5.91 Å². The molecule has 0 heterocycles. The minimum Gasteiger partial charge on any atom is -0.497 e. The van der Waals surface area contributed by atoms with Crippen molar-refractivity contribution in [2.75, 3.05) is 17.7 Å². The molecule has 0 saturated heterocycles. The molecule has 0 aliphatic carbocycles. The number of rotatable bonds is 5. The Morgan fingerprint density at radius 1 is 1.25 bits per heavy atom. The minimum absolute atomic E-state index is 0.0606. The normalized spacial score (nSPS) is 10.7. The summed E-state index contributed by atoms with van der Waals surface area (Å²) in [7, 11) is 1.54. The summed E-state index contributed by atoms with van der Waals surface area (Å²) in [5.41, 5.74) is 0.824. The minimum atomic E-state index is -0.580. The van der Waals surface area contributed by atoms with Gasteiger partial charge in [0.15, 0.2) is 0 Å². The molecule has 0 aliphatic rings. The van der Waals surface area contributed by atoms with E-state index in [1.165, 1.54) is 31.5 Å². The molecule has 0 aromatic heterocycles. The molecular weight excluding hydrogens is 333 g/mol. The van der Waals surface area contributed by atoms with E-state index in [1.807, 2.05) is 0 Å². The first-order chi connectivity index (χ1) is 11.5. The molecular formula is C17H13ClFN3O2. The molecule has 0 radical (unpaired) electrons. The number of carbonyl (C=O) groups is 1. The number of nitriles is 1. The number of anilines is 2. The number of hydrogen-bond donors (Lipinski definition) is 2. The van der Waals surface area contributed by atoms with Crippen LogP contribution in [0.1, 0.15) is 0 Å². The maximum atomic E-state index is 13.1. The zero-order chi connectivity index (χ0) is 17.5. The predicted octanol–water partition coefficient (Wildman–Crippen LogP) is 3.95. The van der Waals surface area contributed by atoms with E-state index in [4.69, 9.17) is 21.6 Å². The highest BCUT2D eigenvalue weighted by molar-refractivity contribution is 6.31. The first kappa shape index (κ1) is 17.3. The second kappa shape index (κ2) is 7.99. The Labute approximate surface area is 143 Å². The number of ether oxygens (including phenoxy) is 1. The highest BCUT2D eigenvalue weighted by Crippen LogP contribution is 2.20. The van der Waals surface area contributed by atoms with Crippen molar-refractivity contribution >= 4 is 28.9 Å². The van der Waals surface area contributed by atoms with E-state index in [2.05, 4.69) is 10.6 Å². The topological polar surface area (TPSA) is 74.1 Å². The second-order valence-corrected chi connectivity index (χ2v) is 5.03. The highest BCUT2D eigenvalue weighted by Gasteiger charge is 2.09. The van der Waals surface area contributed by atoms with Crippen LogP contribution in [0, 0.1) is 17.1 Å². The van der Waals surface area contributed by atoms with E-state index in [-0.39, 0.29) is 10.6 Å². The van der Waals surface area contributed by atoms with Gasteiger partial charge in [-0.1, -0.05) is 11.6 Å². The Bertz CT molecular complexity index is 814. The molecule has 5 nitrogen and oxygen atoms in total. The lowest BCUT2D eigenvalue weighted by Gasteiger charge is -2.06. The molecule has 24 heavy (non-hydrogen) atoms. The van der Waals surface area contributed by atoms with Gasteiger partial charge in [-0.25, -0.2) is 4.39 Å². The van der Waals surface area contributed by atoms with Crippen molar-refractivity contribution in [3.05, 3.63) is 65.1 Å². The quantitative estimate of drug-likeness (QED) is 0.635. The summed E-state index contributed by atoms with van der Waals surface area (Å²) in [6, 6.07) is 12.4. The van der Waals surface area contributed by atoms with Crippen LogP contribution in [0.4, 0.5) is 15.8 Å². The van der Waals surface area contributed by atoms with Crippen molar-refractivity contribution in [2.24, 2.45) is 0 Å². The molecule has 0 saturated carbocycles. The SMILES string of the molecule is COc1ccc(NC(=O)/C(C#N)=C\Nc2ccc(F)c(Cl)c2)cc1. The summed E-state index contributed by atoms with van der Waals surface area (Å²) in [5.74, 6) is -0.480. The fraction of sp³-hybridized carbons (Fsp3) is 0.0588. The van der Waals surface area contributed by atoms with E-state index in [9.17, 15) is 9.18 Å². The monoisotopic (exact) mass is 345 g/mol. The zero-order valence-corrected chi connectivity index (χ0v) is 13.4. The Kier molecular flexibility index (Phi) is 5.77. The predicted molar refractivity (Wildman–Crippen MR) is 90.4 cm³/mol. The van der Waals surface area contributed by atoms with Crippen LogP contribution in [0.15, 0.2) is 54.2 Å². The molecule has 0 atom stereocenters. The highest BCUT2D eigenvalue weighted by atomic mass is 35.5. The molecule has 2 rings (SSSR count). The van der Waals surface area contributed by atoms with E-state index in [1.54, 1.807) is 30.3 Å². The van der Waals surface area contributed by atoms with Crippen LogP contribution in [-0.2, 0) is 4.79 Å². The van der Waals surface area contributed by atoms with Gasteiger partial charge in [-0.3, -0.25) is 4.79 Å². The van der Waals surface area contributed by atoms with Crippen LogP contribution < -0.4 is 15.4 Å². The number of nitrogens with zero attached hydrogens (tertiary/aromatic N) is 1. The number of hydrogen-bond acceptors (Lipinski definition) is 4. The van der Waals surface area contributed by atoms with Gasteiger partial charge in [-0.2, -0.15) is 5.26 Å². The summed E-state index contributed by atoms with van der Waals surface area (Å²) in [4.78, 5) is 12.1. The van der Waals surface area contributed by atoms with Crippen LogP contribution in [0.2, 0.25) is 5.02 Å². The Morgan fingerprint density at radius 2 is 1.92 bits per heavy atom. The maximum Gasteiger partial charge on any atom is 0.267 e. The number of carbonyl (C=O) groups excluding carboxylic acids is 1. The van der Waals surface area contributed by atoms with E-state index in [0.717, 1.165) is 0 Å². The first-order valence-electron chi connectivity index (χ1n) is 6.80. The van der Waals surface area contributed by atoms with Crippen LogP contribution >= 0.6 is 11.6 Å². The Morgan fingerprint density at radius 3 is 2.50 bits per heavy atom. The average molecular weight is 346 g/mol. The van der Waals surface area contributed by atoms with Crippen molar-refractivity contribution in [2.45, 2.75) is 0 Å². The lowest BCUT2D eigenvalue weighted by atomic mass is 10.2. The summed E-state index contributed by atoms with van der Waals surface area (Å²) in [6.07, 6.45) is 1.22. The van der Waals surface area contributed by atoms with Crippen molar-refractivity contribution in [3.63, 3.8) is 0 Å². The Balaban J connectivity index is 2.07. The third kappa shape index (κ3) is 4.48. The largest absolute Gasteiger partial charge is 0.497 e. The number of methoxy groups -OCH3 is 1. The summed E-state index contributed by atoms with van der Waals surface area (Å²) >= 11 is 5.67. The molecule has 7 heteroatoms. The average Bonchev–Trinajstić information content (AvgIpc) is 2.59. The van der Waals surface area contributed by atoms with Crippen molar-refractivity contribution in [1.29, 1.82) is 5.26 Å². The fourth-order valence-electron chi connectivity index (χ4n) is 1.76. The van der Waals surface area contributed by atoms with Crippen molar-refractivity contribution in [3.8, 4) is 11.8 Å². The molecule has 0 fully saturated rings. The van der Waals surface area contributed by atoms with Crippen LogP contribution in [0.3, 0.4) is 0 Å². The van der Waals surface area contributed by atoms with Gasteiger partial charge in [0, 0.05) is 17.6 Å². The molecule has 122 valence electrons. The van der Waals surface area contributed by atoms with Crippen molar-refractivity contribution < 1.29 is 13.9 Å². The molecule has 0 spiro atoms. The van der Waals surface area contributed by atoms with E-state index < -0.39 is 11.7 Å². The van der Waals surface area contributed by atoms with Gasteiger partial charge < -0.3 is 15.4 Å². The van der Waals surface area contributed by atoms with Gasteiger partial charge in [0.05, 0.1) is 12.1 Å². The zero-order valence-electron chi connectivity index (χ0n) is 12.6.